The van der Waals surface area contributed by atoms with Gasteiger partial charge in [0, 0.05) is 12.5 Å². The molecule has 2 rings (SSSR count). The third-order valence-corrected chi connectivity index (χ3v) is 2.48. The highest BCUT2D eigenvalue weighted by Gasteiger charge is 2.21. The van der Waals surface area contributed by atoms with Crippen LogP contribution in [0.4, 0.5) is 8.78 Å². The fourth-order valence-corrected chi connectivity index (χ4v) is 1.76. The van der Waals surface area contributed by atoms with Crippen LogP contribution >= 0.6 is 0 Å². The molecule has 1 heterocycles. The Labute approximate surface area is 75.8 Å². The van der Waals surface area contributed by atoms with Crippen molar-refractivity contribution in [2.24, 2.45) is 0 Å². The monoisotopic (exact) mass is 183 g/mol. The van der Waals surface area contributed by atoms with Crippen LogP contribution in [0.3, 0.4) is 0 Å². The highest BCUT2D eigenvalue weighted by atomic mass is 19.2. The zero-order chi connectivity index (χ0) is 9.26. The molecule has 1 N–H and O–H groups in total. The van der Waals surface area contributed by atoms with E-state index in [4.69, 9.17) is 0 Å². The molecule has 0 bridgehead atoms. The zero-order valence-electron chi connectivity index (χ0n) is 7.19. The van der Waals surface area contributed by atoms with E-state index in [0.29, 0.717) is 5.56 Å². The van der Waals surface area contributed by atoms with Crippen molar-refractivity contribution in [1.29, 1.82) is 0 Å². The molecule has 70 valence electrons. The fourth-order valence-electron chi connectivity index (χ4n) is 1.76. The van der Waals surface area contributed by atoms with Gasteiger partial charge in [0.05, 0.1) is 0 Å². The van der Waals surface area contributed by atoms with Crippen molar-refractivity contribution in [2.75, 3.05) is 13.1 Å². The van der Waals surface area contributed by atoms with Crippen molar-refractivity contribution in [2.45, 2.75) is 12.3 Å². The Morgan fingerprint density at radius 2 is 2.15 bits per heavy atom. The second-order valence-corrected chi connectivity index (χ2v) is 3.33. The molecular weight excluding hydrogens is 172 g/mol. The van der Waals surface area contributed by atoms with Crippen LogP contribution in [-0.2, 0) is 0 Å². The Balaban J connectivity index is 2.33. The highest BCUT2D eigenvalue weighted by molar-refractivity contribution is 5.24. The van der Waals surface area contributed by atoms with Gasteiger partial charge in [0.1, 0.15) is 0 Å². The Morgan fingerprint density at radius 3 is 2.85 bits per heavy atom. The van der Waals surface area contributed by atoms with Crippen molar-refractivity contribution in [3.05, 3.63) is 35.4 Å². The van der Waals surface area contributed by atoms with E-state index in [1.807, 2.05) is 0 Å². The predicted molar refractivity (Wildman–Crippen MR) is 46.6 cm³/mol. The van der Waals surface area contributed by atoms with Gasteiger partial charge in [0.25, 0.3) is 0 Å². The second-order valence-electron chi connectivity index (χ2n) is 3.33. The summed E-state index contributed by atoms with van der Waals surface area (Å²) in [6, 6.07) is 4.38. The maximum absolute atomic E-state index is 13.3. The molecule has 0 unspecified atom stereocenters. The van der Waals surface area contributed by atoms with Gasteiger partial charge in [-0.1, -0.05) is 12.1 Å². The van der Waals surface area contributed by atoms with Gasteiger partial charge in [0.2, 0.25) is 0 Å². The number of hydrogen-bond acceptors (Lipinski definition) is 1. The Hall–Kier alpha value is -0.960. The summed E-state index contributed by atoms with van der Waals surface area (Å²) >= 11 is 0. The largest absolute Gasteiger partial charge is 0.316 e. The lowest BCUT2D eigenvalue weighted by Crippen LogP contribution is -2.09. The fraction of sp³-hybridized carbons (Fsp3) is 0.400. The van der Waals surface area contributed by atoms with Gasteiger partial charge in [-0.3, -0.25) is 0 Å². The molecule has 0 radical (unpaired) electrons. The molecule has 1 aliphatic rings. The maximum atomic E-state index is 13.3. The van der Waals surface area contributed by atoms with E-state index in [1.54, 1.807) is 12.1 Å². The van der Waals surface area contributed by atoms with Gasteiger partial charge in [-0.25, -0.2) is 8.78 Å². The molecule has 0 aliphatic carbocycles. The third kappa shape index (κ3) is 1.56. The molecule has 1 atom stereocenters. The van der Waals surface area contributed by atoms with Gasteiger partial charge >= 0.3 is 0 Å². The van der Waals surface area contributed by atoms with Crippen LogP contribution in [0, 0.1) is 11.6 Å². The van der Waals surface area contributed by atoms with E-state index in [1.165, 1.54) is 0 Å². The maximum Gasteiger partial charge on any atom is 0.162 e. The normalized spacial score (nSPS) is 22.2. The molecule has 1 nitrogen and oxygen atoms in total. The summed E-state index contributed by atoms with van der Waals surface area (Å²) in [7, 11) is 0. The summed E-state index contributed by atoms with van der Waals surface area (Å²) < 4.78 is 26.1. The lowest BCUT2D eigenvalue weighted by atomic mass is 9.98. The standard InChI is InChI=1S/C10H11F2N/c11-9-3-1-2-8(10(9)12)7-4-5-13-6-7/h1-3,7,13H,4-6H2/t7-/m1/s1. The average molecular weight is 183 g/mol. The molecule has 1 aliphatic heterocycles. The minimum Gasteiger partial charge on any atom is -0.316 e. The predicted octanol–water partition coefficient (Wildman–Crippen LogP) is 2.04. The quantitative estimate of drug-likeness (QED) is 0.702. The number of benzene rings is 1. The van der Waals surface area contributed by atoms with Crippen LogP contribution in [0.25, 0.3) is 0 Å². The van der Waals surface area contributed by atoms with Crippen molar-refractivity contribution in [3.63, 3.8) is 0 Å². The number of hydrogen-bond donors (Lipinski definition) is 1. The molecule has 0 amide bonds. The Morgan fingerprint density at radius 1 is 1.31 bits per heavy atom. The first-order valence-electron chi connectivity index (χ1n) is 4.43. The minimum absolute atomic E-state index is 0.135. The molecule has 1 aromatic carbocycles. The highest BCUT2D eigenvalue weighted by Crippen LogP contribution is 2.25. The van der Waals surface area contributed by atoms with Crippen molar-refractivity contribution >= 4 is 0 Å². The van der Waals surface area contributed by atoms with Gasteiger partial charge < -0.3 is 5.32 Å². The SMILES string of the molecule is Fc1cccc([C@@H]2CCNC2)c1F. The van der Waals surface area contributed by atoms with Crippen molar-refractivity contribution < 1.29 is 8.78 Å². The Kier molecular flexibility index (Phi) is 2.27. The summed E-state index contributed by atoms with van der Waals surface area (Å²) in [6.07, 6.45) is 0.889. The van der Waals surface area contributed by atoms with E-state index < -0.39 is 11.6 Å². The molecule has 13 heavy (non-hydrogen) atoms. The average Bonchev–Trinajstić information content (AvgIpc) is 2.62. The molecule has 0 spiro atoms. The molecule has 0 saturated carbocycles. The van der Waals surface area contributed by atoms with Crippen LogP contribution in [0.15, 0.2) is 18.2 Å². The summed E-state index contributed by atoms with van der Waals surface area (Å²) in [6.45, 7) is 1.64. The first kappa shape index (κ1) is 8.63. The molecular formula is C10H11F2N. The summed E-state index contributed by atoms with van der Waals surface area (Å²) in [5, 5.41) is 3.13. The van der Waals surface area contributed by atoms with E-state index in [2.05, 4.69) is 5.32 Å². The smallest absolute Gasteiger partial charge is 0.162 e. The summed E-state index contributed by atoms with van der Waals surface area (Å²) in [4.78, 5) is 0. The molecule has 3 heteroatoms. The topological polar surface area (TPSA) is 12.0 Å². The summed E-state index contributed by atoms with van der Waals surface area (Å²) in [5.41, 5.74) is 0.505. The minimum atomic E-state index is -0.746. The lowest BCUT2D eigenvalue weighted by molar-refractivity contribution is 0.490. The van der Waals surface area contributed by atoms with E-state index in [9.17, 15) is 8.78 Å². The van der Waals surface area contributed by atoms with Gasteiger partial charge in [0.15, 0.2) is 11.6 Å². The molecule has 1 aromatic rings. The molecule has 1 saturated heterocycles. The molecule has 0 aromatic heterocycles. The van der Waals surface area contributed by atoms with Crippen LogP contribution in [0.5, 0.6) is 0 Å². The van der Waals surface area contributed by atoms with Crippen LogP contribution in [0.1, 0.15) is 17.9 Å². The van der Waals surface area contributed by atoms with Crippen molar-refractivity contribution in [3.8, 4) is 0 Å². The summed E-state index contributed by atoms with van der Waals surface area (Å²) in [5.74, 6) is -1.30. The first-order chi connectivity index (χ1) is 6.29. The first-order valence-corrected chi connectivity index (χ1v) is 4.43. The number of rotatable bonds is 1. The van der Waals surface area contributed by atoms with Crippen LogP contribution in [0.2, 0.25) is 0 Å². The van der Waals surface area contributed by atoms with Crippen molar-refractivity contribution in [1.82, 2.24) is 5.32 Å². The third-order valence-electron chi connectivity index (χ3n) is 2.48. The van der Waals surface area contributed by atoms with Crippen LogP contribution in [-0.4, -0.2) is 13.1 Å². The Bertz CT molecular complexity index is 306. The second kappa shape index (κ2) is 3.42. The lowest BCUT2D eigenvalue weighted by Gasteiger charge is -2.09. The number of halogens is 2. The van der Waals surface area contributed by atoms with E-state index in [0.717, 1.165) is 25.6 Å². The van der Waals surface area contributed by atoms with E-state index in [-0.39, 0.29) is 5.92 Å². The van der Waals surface area contributed by atoms with Crippen LogP contribution < -0.4 is 5.32 Å². The molecule has 1 fully saturated rings. The number of nitrogens with one attached hydrogen (secondary N) is 1. The zero-order valence-corrected chi connectivity index (χ0v) is 7.19. The van der Waals surface area contributed by atoms with Gasteiger partial charge in [-0.15, -0.1) is 0 Å². The van der Waals surface area contributed by atoms with Gasteiger partial charge in [-0.05, 0) is 24.6 Å². The van der Waals surface area contributed by atoms with E-state index >= 15 is 0 Å². The van der Waals surface area contributed by atoms with Gasteiger partial charge in [-0.2, -0.15) is 0 Å².